The molecule has 0 bridgehead atoms. The second-order valence-electron chi connectivity index (χ2n) is 4.90. The Kier molecular flexibility index (Phi) is 3.75. The molecule has 0 amide bonds. The Balaban J connectivity index is 2.16. The molecule has 0 radical (unpaired) electrons. The van der Waals surface area contributed by atoms with Gasteiger partial charge >= 0.3 is 0 Å². The number of nitrogens with zero attached hydrogens (tertiary/aromatic N) is 1. The molecule has 0 aliphatic carbocycles. The highest BCUT2D eigenvalue weighted by atomic mass is 32.2. The lowest BCUT2D eigenvalue weighted by Gasteiger charge is -2.36. The van der Waals surface area contributed by atoms with Crippen LogP contribution < -0.4 is 0 Å². The van der Waals surface area contributed by atoms with Gasteiger partial charge in [-0.25, -0.2) is 8.42 Å². The summed E-state index contributed by atoms with van der Waals surface area (Å²) < 4.78 is 31.0. The summed E-state index contributed by atoms with van der Waals surface area (Å²) in [5, 5.41) is 0. The lowest BCUT2D eigenvalue weighted by atomic mass is 10.0. The van der Waals surface area contributed by atoms with Crippen LogP contribution in [0.5, 0.6) is 0 Å². The zero-order chi connectivity index (χ0) is 13.3. The Morgan fingerprint density at radius 2 is 1.78 bits per heavy atom. The average molecular weight is 269 g/mol. The van der Waals surface area contributed by atoms with Gasteiger partial charge in [-0.1, -0.05) is 26.0 Å². The number of benzene rings is 1. The molecule has 5 heteroatoms. The van der Waals surface area contributed by atoms with Gasteiger partial charge in [0, 0.05) is 20.2 Å². The Bertz CT molecular complexity index is 502. The summed E-state index contributed by atoms with van der Waals surface area (Å²) in [5.74, 6) is 0.406. The van der Waals surface area contributed by atoms with Gasteiger partial charge in [0.2, 0.25) is 10.0 Å². The van der Waals surface area contributed by atoms with Gasteiger partial charge in [-0.3, -0.25) is 0 Å². The van der Waals surface area contributed by atoms with E-state index in [1.165, 1.54) is 4.31 Å². The summed E-state index contributed by atoms with van der Waals surface area (Å²) in [6.45, 7) is 5.07. The molecule has 2 rings (SSSR count). The Hall–Kier alpha value is -0.910. The first-order chi connectivity index (χ1) is 8.45. The van der Waals surface area contributed by atoms with Crippen molar-refractivity contribution in [1.29, 1.82) is 0 Å². The van der Waals surface area contributed by atoms with Gasteiger partial charge in [0.05, 0.1) is 11.0 Å². The van der Waals surface area contributed by atoms with Gasteiger partial charge in [0.1, 0.15) is 0 Å². The zero-order valence-corrected chi connectivity index (χ0v) is 11.8. The highest BCUT2D eigenvalue weighted by Crippen LogP contribution is 2.24. The van der Waals surface area contributed by atoms with E-state index in [2.05, 4.69) is 13.8 Å². The molecular formula is C13H19NO3S. The SMILES string of the molecule is COC1CN(S(=O)(=O)c2ccc(C(C)C)cc2)C1. The quantitative estimate of drug-likeness (QED) is 0.837. The minimum absolute atomic E-state index is 0.0368. The first-order valence-electron chi connectivity index (χ1n) is 6.08. The lowest BCUT2D eigenvalue weighted by Crippen LogP contribution is -2.54. The molecule has 0 saturated carbocycles. The number of hydrogen-bond donors (Lipinski definition) is 0. The maximum Gasteiger partial charge on any atom is 0.243 e. The average Bonchev–Trinajstić information content (AvgIpc) is 2.27. The van der Waals surface area contributed by atoms with Crippen LogP contribution in [0.4, 0.5) is 0 Å². The van der Waals surface area contributed by atoms with E-state index in [0.717, 1.165) is 5.56 Å². The Morgan fingerprint density at radius 3 is 2.22 bits per heavy atom. The van der Waals surface area contributed by atoms with Gasteiger partial charge in [-0.2, -0.15) is 4.31 Å². The van der Waals surface area contributed by atoms with E-state index in [9.17, 15) is 8.42 Å². The van der Waals surface area contributed by atoms with Gasteiger partial charge < -0.3 is 4.74 Å². The molecule has 100 valence electrons. The van der Waals surface area contributed by atoms with Gasteiger partial charge in [-0.15, -0.1) is 0 Å². The third-order valence-corrected chi connectivity index (χ3v) is 5.18. The van der Waals surface area contributed by atoms with Crippen molar-refractivity contribution in [2.24, 2.45) is 0 Å². The second kappa shape index (κ2) is 4.99. The van der Waals surface area contributed by atoms with Crippen LogP contribution in [0.25, 0.3) is 0 Å². The summed E-state index contributed by atoms with van der Waals surface area (Å²) in [7, 11) is -1.73. The van der Waals surface area contributed by atoms with Crippen molar-refractivity contribution < 1.29 is 13.2 Å². The zero-order valence-electron chi connectivity index (χ0n) is 11.0. The molecule has 4 nitrogen and oxygen atoms in total. The lowest BCUT2D eigenvalue weighted by molar-refractivity contribution is 0.0125. The second-order valence-corrected chi connectivity index (χ2v) is 6.84. The van der Waals surface area contributed by atoms with Crippen molar-refractivity contribution >= 4 is 10.0 Å². The van der Waals surface area contributed by atoms with Crippen LogP contribution in [0, 0.1) is 0 Å². The van der Waals surface area contributed by atoms with Crippen molar-refractivity contribution in [3.8, 4) is 0 Å². The molecule has 1 aliphatic heterocycles. The van der Waals surface area contributed by atoms with Crippen molar-refractivity contribution in [1.82, 2.24) is 4.31 Å². The standard InChI is InChI=1S/C13H19NO3S/c1-10(2)11-4-6-13(7-5-11)18(15,16)14-8-12(9-14)17-3/h4-7,10,12H,8-9H2,1-3H3. The normalized spacial score (nSPS) is 18.0. The minimum Gasteiger partial charge on any atom is -0.379 e. The minimum atomic E-state index is -3.33. The predicted molar refractivity (Wildman–Crippen MR) is 70.1 cm³/mol. The van der Waals surface area contributed by atoms with Gasteiger partial charge in [0.25, 0.3) is 0 Å². The molecule has 0 atom stereocenters. The third kappa shape index (κ3) is 2.43. The highest BCUT2D eigenvalue weighted by Gasteiger charge is 2.36. The molecule has 1 aromatic carbocycles. The Morgan fingerprint density at radius 1 is 1.22 bits per heavy atom. The Labute approximate surface area is 109 Å². The number of ether oxygens (including phenoxy) is 1. The van der Waals surface area contributed by atoms with Crippen LogP contribution >= 0.6 is 0 Å². The summed E-state index contributed by atoms with van der Waals surface area (Å²) in [6, 6.07) is 7.13. The van der Waals surface area contributed by atoms with E-state index >= 15 is 0 Å². The molecule has 0 N–H and O–H groups in total. The first-order valence-corrected chi connectivity index (χ1v) is 7.52. The summed E-state index contributed by atoms with van der Waals surface area (Å²) in [4.78, 5) is 0.362. The van der Waals surface area contributed by atoms with Crippen LogP contribution in [-0.4, -0.2) is 39.0 Å². The van der Waals surface area contributed by atoms with E-state index in [1.807, 2.05) is 12.1 Å². The number of sulfonamides is 1. The van der Waals surface area contributed by atoms with Crippen LogP contribution in [0.1, 0.15) is 25.3 Å². The number of methoxy groups -OCH3 is 1. The van der Waals surface area contributed by atoms with Gasteiger partial charge in [-0.05, 0) is 23.6 Å². The highest BCUT2D eigenvalue weighted by molar-refractivity contribution is 7.89. The number of rotatable bonds is 4. The summed E-state index contributed by atoms with van der Waals surface area (Å²) in [5.41, 5.74) is 1.15. The fourth-order valence-corrected chi connectivity index (χ4v) is 3.42. The maximum atomic E-state index is 12.2. The fourth-order valence-electron chi connectivity index (χ4n) is 1.92. The van der Waals surface area contributed by atoms with E-state index in [-0.39, 0.29) is 6.10 Å². The van der Waals surface area contributed by atoms with Crippen LogP contribution in [0.3, 0.4) is 0 Å². The van der Waals surface area contributed by atoms with E-state index < -0.39 is 10.0 Å². The van der Waals surface area contributed by atoms with Crippen LogP contribution in [0.15, 0.2) is 29.2 Å². The van der Waals surface area contributed by atoms with E-state index in [4.69, 9.17) is 4.74 Å². The fraction of sp³-hybridized carbons (Fsp3) is 0.538. The maximum absolute atomic E-state index is 12.2. The van der Waals surface area contributed by atoms with Crippen molar-refractivity contribution in [3.05, 3.63) is 29.8 Å². The van der Waals surface area contributed by atoms with Crippen molar-refractivity contribution in [2.45, 2.75) is 30.8 Å². The molecule has 0 spiro atoms. The smallest absolute Gasteiger partial charge is 0.243 e. The van der Waals surface area contributed by atoms with Gasteiger partial charge in [0.15, 0.2) is 0 Å². The molecule has 0 aromatic heterocycles. The number of hydrogen-bond acceptors (Lipinski definition) is 3. The molecule has 1 aromatic rings. The molecule has 1 aliphatic rings. The summed E-state index contributed by atoms with van der Waals surface area (Å²) in [6.07, 6.45) is 0.0368. The molecule has 1 fully saturated rings. The third-order valence-electron chi connectivity index (χ3n) is 3.33. The monoisotopic (exact) mass is 269 g/mol. The molecule has 1 saturated heterocycles. The van der Waals surface area contributed by atoms with Crippen molar-refractivity contribution in [3.63, 3.8) is 0 Å². The summed E-state index contributed by atoms with van der Waals surface area (Å²) >= 11 is 0. The van der Waals surface area contributed by atoms with Crippen LogP contribution in [-0.2, 0) is 14.8 Å². The first kappa shape index (κ1) is 13.5. The largest absolute Gasteiger partial charge is 0.379 e. The van der Waals surface area contributed by atoms with E-state index in [1.54, 1.807) is 19.2 Å². The molecular weight excluding hydrogens is 250 g/mol. The van der Waals surface area contributed by atoms with Crippen LogP contribution in [0.2, 0.25) is 0 Å². The molecule has 1 heterocycles. The predicted octanol–water partition coefficient (Wildman–Crippen LogP) is 1.83. The molecule has 18 heavy (non-hydrogen) atoms. The van der Waals surface area contributed by atoms with Crippen molar-refractivity contribution in [2.75, 3.05) is 20.2 Å². The van der Waals surface area contributed by atoms with E-state index in [0.29, 0.717) is 23.9 Å². The molecule has 0 unspecified atom stereocenters. The topological polar surface area (TPSA) is 46.6 Å².